The minimum atomic E-state index is -2.91. The summed E-state index contributed by atoms with van der Waals surface area (Å²) in [5.41, 5.74) is 0.812. The van der Waals surface area contributed by atoms with Crippen molar-refractivity contribution < 1.29 is 23.7 Å². The van der Waals surface area contributed by atoms with Crippen LogP contribution in [0.2, 0.25) is 0 Å². The van der Waals surface area contributed by atoms with Crippen LogP contribution in [-0.4, -0.2) is 16.8 Å². The van der Waals surface area contributed by atoms with Crippen molar-refractivity contribution in [1.82, 2.24) is 0 Å². The van der Waals surface area contributed by atoms with Crippen molar-refractivity contribution in [2.24, 2.45) is 0 Å². The molecule has 0 saturated heterocycles. The Morgan fingerprint density at radius 1 is 1.05 bits per heavy atom. The third kappa shape index (κ3) is 3.28. The number of hydrogen-bond acceptors (Lipinski definition) is 4. The van der Waals surface area contributed by atoms with Gasteiger partial charge in [0, 0.05) is 12.1 Å². The molecule has 0 amide bonds. The Bertz CT molecular complexity index is 590. The van der Waals surface area contributed by atoms with E-state index in [1.165, 1.54) is 12.1 Å². The normalized spacial score (nSPS) is 10.6. The Labute approximate surface area is 114 Å². The SMILES string of the molecule is Oc1cccc(CNc2ccccc2OC(F)F)c1O. The third-order valence-corrected chi connectivity index (χ3v) is 2.67. The summed E-state index contributed by atoms with van der Waals surface area (Å²) in [5, 5.41) is 21.9. The molecule has 6 heteroatoms. The van der Waals surface area contributed by atoms with Gasteiger partial charge in [0.1, 0.15) is 5.75 Å². The first-order chi connectivity index (χ1) is 9.58. The molecule has 0 aromatic heterocycles. The fraction of sp³-hybridized carbons (Fsp3) is 0.143. The van der Waals surface area contributed by atoms with Crippen LogP contribution in [0.4, 0.5) is 14.5 Å². The third-order valence-electron chi connectivity index (χ3n) is 2.67. The van der Waals surface area contributed by atoms with Crippen LogP contribution in [0, 0.1) is 0 Å². The average molecular weight is 281 g/mol. The largest absolute Gasteiger partial charge is 0.504 e. The van der Waals surface area contributed by atoms with Gasteiger partial charge < -0.3 is 20.3 Å². The molecule has 0 unspecified atom stereocenters. The zero-order valence-corrected chi connectivity index (χ0v) is 10.4. The average Bonchev–Trinajstić information content (AvgIpc) is 2.41. The number of halogens is 2. The van der Waals surface area contributed by atoms with E-state index in [1.807, 2.05) is 0 Å². The number of benzene rings is 2. The maximum atomic E-state index is 12.3. The van der Waals surface area contributed by atoms with Crippen LogP contribution < -0.4 is 10.1 Å². The molecule has 4 nitrogen and oxygen atoms in total. The van der Waals surface area contributed by atoms with Crippen molar-refractivity contribution >= 4 is 5.69 Å². The molecule has 0 saturated carbocycles. The Balaban J connectivity index is 2.13. The summed E-state index contributed by atoms with van der Waals surface area (Å²) in [6.45, 7) is -2.75. The molecular formula is C14H13F2NO3. The molecule has 2 rings (SSSR count). The zero-order chi connectivity index (χ0) is 14.5. The number of para-hydroxylation sites is 3. The predicted octanol–water partition coefficient (Wildman–Crippen LogP) is 3.31. The van der Waals surface area contributed by atoms with Crippen LogP contribution in [0.3, 0.4) is 0 Å². The molecule has 2 aromatic carbocycles. The number of nitrogens with one attached hydrogen (secondary N) is 1. The lowest BCUT2D eigenvalue weighted by Crippen LogP contribution is -2.06. The van der Waals surface area contributed by atoms with E-state index >= 15 is 0 Å². The maximum Gasteiger partial charge on any atom is 0.387 e. The first-order valence-electron chi connectivity index (χ1n) is 5.85. The topological polar surface area (TPSA) is 61.7 Å². The lowest BCUT2D eigenvalue weighted by atomic mass is 10.2. The minimum Gasteiger partial charge on any atom is -0.504 e. The highest BCUT2D eigenvalue weighted by atomic mass is 19.3. The van der Waals surface area contributed by atoms with Gasteiger partial charge in [-0.2, -0.15) is 8.78 Å². The van der Waals surface area contributed by atoms with Gasteiger partial charge >= 0.3 is 6.61 Å². The first-order valence-corrected chi connectivity index (χ1v) is 5.85. The Morgan fingerprint density at radius 3 is 2.55 bits per heavy atom. The van der Waals surface area contributed by atoms with Gasteiger partial charge in [-0.1, -0.05) is 24.3 Å². The second-order valence-corrected chi connectivity index (χ2v) is 4.01. The Kier molecular flexibility index (Phi) is 4.24. The van der Waals surface area contributed by atoms with E-state index < -0.39 is 6.61 Å². The summed E-state index contributed by atoms with van der Waals surface area (Å²) in [6, 6.07) is 10.8. The molecule has 20 heavy (non-hydrogen) atoms. The van der Waals surface area contributed by atoms with E-state index in [2.05, 4.69) is 10.1 Å². The summed E-state index contributed by atoms with van der Waals surface area (Å²) in [5.74, 6) is -0.462. The van der Waals surface area contributed by atoms with Crippen LogP contribution in [0.15, 0.2) is 42.5 Å². The van der Waals surface area contributed by atoms with Gasteiger partial charge in [0.15, 0.2) is 11.5 Å². The van der Waals surface area contributed by atoms with Crippen molar-refractivity contribution in [1.29, 1.82) is 0 Å². The summed E-state index contributed by atoms with van der Waals surface area (Å²) < 4.78 is 28.9. The highest BCUT2D eigenvalue weighted by Crippen LogP contribution is 2.30. The molecule has 106 valence electrons. The summed E-state index contributed by atoms with van der Waals surface area (Å²) >= 11 is 0. The van der Waals surface area contributed by atoms with E-state index in [1.54, 1.807) is 30.3 Å². The lowest BCUT2D eigenvalue weighted by molar-refractivity contribution is -0.0493. The van der Waals surface area contributed by atoms with Gasteiger partial charge in [-0.05, 0) is 18.2 Å². The number of anilines is 1. The van der Waals surface area contributed by atoms with Crippen molar-refractivity contribution in [2.45, 2.75) is 13.2 Å². The molecule has 0 aliphatic heterocycles. The summed E-state index contributed by atoms with van der Waals surface area (Å²) in [6.07, 6.45) is 0. The smallest absolute Gasteiger partial charge is 0.387 e. The zero-order valence-electron chi connectivity index (χ0n) is 10.4. The van der Waals surface area contributed by atoms with E-state index in [4.69, 9.17) is 0 Å². The van der Waals surface area contributed by atoms with Crippen LogP contribution in [0.5, 0.6) is 17.2 Å². The highest BCUT2D eigenvalue weighted by Gasteiger charge is 2.10. The summed E-state index contributed by atoms with van der Waals surface area (Å²) in [4.78, 5) is 0. The van der Waals surface area contributed by atoms with Crippen LogP contribution in [-0.2, 0) is 6.54 Å². The molecule has 3 N–H and O–H groups in total. The fourth-order valence-corrected chi connectivity index (χ4v) is 1.72. The molecule has 0 aliphatic carbocycles. The van der Waals surface area contributed by atoms with Gasteiger partial charge in [0.25, 0.3) is 0 Å². The van der Waals surface area contributed by atoms with Gasteiger partial charge in [-0.25, -0.2) is 0 Å². The quantitative estimate of drug-likeness (QED) is 0.736. The van der Waals surface area contributed by atoms with Crippen molar-refractivity contribution in [3.8, 4) is 17.2 Å². The molecule has 0 aliphatic rings. The molecule has 2 aromatic rings. The van der Waals surface area contributed by atoms with E-state index in [9.17, 15) is 19.0 Å². The van der Waals surface area contributed by atoms with Crippen LogP contribution in [0.1, 0.15) is 5.56 Å². The number of aromatic hydroxyl groups is 2. The molecule has 0 bridgehead atoms. The first kappa shape index (κ1) is 13.9. The van der Waals surface area contributed by atoms with Crippen molar-refractivity contribution in [3.05, 3.63) is 48.0 Å². The van der Waals surface area contributed by atoms with Gasteiger partial charge in [0.2, 0.25) is 0 Å². The number of rotatable bonds is 5. The fourth-order valence-electron chi connectivity index (χ4n) is 1.72. The van der Waals surface area contributed by atoms with Gasteiger partial charge in [0.05, 0.1) is 5.69 Å². The molecule has 0 radical (unpaired) electrons. The second kappa shape index (κ2) is 6.10. The van der Waals surface area contributed by atoms with Gasteiger partial charge in [-0.15, -0.1) is 0 Å². The van der Waals surface area contributed by atoms with Crippen molar-refractivity contribution in [3.63, 3.8) is 0 Å². The lowest BCUT2D eigenvalue weighted by Gasteiger charge is -2.13. The standard InChI is InChI=1S/C14H13F2NO3/c15-14(16)20-12-7-2-1-5-10(12)17-8-9-4-3-6-11(18)13(9)19/h1-7,14,17-19H,8H2. The summed E-state index contributed by atoms with van der Waals surface area (Å²) in [7, 11) is 0. The number of phenols is 2. The number of hydrogen-bond donors (Lipinski definition) is 3. The molecule has 0 fully saturated rings. The minimum absolute atomic E-state index is 0.0159. The molecular weight excluding hydrogens is 268 g/mol. The van der Waals surface area contributed by atoms with E-state index in [-0.39, 0.29) is 23.8 Å². The highest BCUT2D eigenvalue weighted by molar-refractivity contribution is 5.57. The Hall–Kier alpha value is -2.50. The maximum absolute atomic E-state index is 12.3. The van der Waals surface area contributed by atoms with Gasteiger partial charge in [-0.3, -0.25) is 0 Å². The predicted molar refractivity (Wildman–Crippen MR) is 70.2 cm³/mol. The van der Waals surface area contributed by atoms with E-state index in [0.717, 1.165) is 0 Å². The van der Waals surface area contributed by atoms with Crippen molar-refractivity contribution in [2.75, 3.05) is 5.32 Å². The number of phenolic OH excluding ortho intramolecular Hbond substituents is 2. The number of alkyl halides is 2. The molecule has 0 heterocycles. The van der Waals surface area contributed by atoms with Crippen LogP contribution >= 0.6 is 0 Å². The second-order valence-electron chi connectivity index (χ2n) is 4.01. The molecule has 0 spiro atoms. The Morgan fingerprint density at radius 2 is 1.80 bits per heavy atom. The molecule has 0 atom stereocenters. The monoisotopic (exact) mass is 281 g/mol. The number of ether oxygens (including phenoxy) is 1. The van der Waals surface area contributed by atoms with Crippen LogP contribution in [0.25, 0.3) is 0 Å². The van der Waals surface area contributed by atoms with E-state index in [0.29, 0.717) is 11.3 Å².